The van der Waals surface area contributed by atoms with E-state index in [-0.39, 0.29) is 22.6 Å². The Morgan fingerprint density at radius 1 is 1.38 bits per heavy atom. The maximum Gasteiger partial charge on any atom is 0.266 e. The first-order valence-corrected chi connectivity index (χ1v) is 8.87. The average molecular weight is 370 g/mol. The third-order valence-electron chi connectivity index (χ3n) is 4.48. The van der Waals surface area contributed by atoms with Crippen molar-refractivity contribution in [3.8, 4) is 17.1 Å². The summed E-state index contributed by atoms with van der Waals surface area (Å²) in [7, 11) is 0. The van der Waals surface area contributed by atoms with Gasteiger partial charge >= 0.3 is 0 Å². The van der Waals surface area contributed by atoms with Crippen LogP contribution in [-0.4, -0.2) is 26.6 Å². The number of nitrogens with zero attached hydrogens (tertiary/aromatic N) is 2. The Morgan fingerprint density at radius 3 is 2.88 bits per heavy atom. The summed E-state index contributed by atoms with van der Waals surface area (Å²) in [4.78, 5) is 22.6. The minimum Gasteiger partial charge on any atom is -0.493 e. The van der Waals surface area contributed by atoms with Crippen molar-refractivity contribution >= 4 is 32.3 Å². The molecule has 6 nitrogen and oxygen atoms in total. The number of aromatic hydroxyl groups is 1. The van der Waals surface area contributed by atoms with E-state index < -0.39 is 11.8 Å². The van der Waals surface area contributed by atoms with Gasteiger partial charge < -0.3 is 15.8 Å². The van der Waals surface area contributed by atoms with E-state index in [4.69, 9.17) is 5.73 Å². The quantitative estimate of drug-likeness (QED) is 0.481. The van der Waals surface area contributed by atoms with Crippen LogP contribution in [0.2, 0.25) is 0 Å². The average Bonchev–Trinajstić information content (AvgIpc) is 3.13. The Kier molecular flexibility index (Phi) is 3.93. The minimum absolute atomic E-state index is 0.0464. The number of hydrogen-bond acceptors (Lipinski definition) is 6. The van der Waals surface area contributed by atoms with Crippen molar-refractivity contribution in [2.24, 2.45) is 5.73 Å². The largest absolute Gasteiger partial charge is 0.493 e. The number of halogens is 1. The molecule has 26 heavy (non-hydrogen) atoms. The molecule has 0 aliphatic carbocycles. The number of aromatic nitrogens is 3. The monoisotopic (exact) mass is 370 g/mol. The Bertz CT molecular complexity index is 1180. The van der Waals surface area contributed by atoms with Crippen LogP contribution in [0, 0.1) is 5.95 Å². The van der Waals surface area contributed by atoms with Gasteiger partial charge in [0.2, 0.25) is 11.8 Å². The van der Waals surface area contributed by atoms with E-state index in [1.165, 1.54) is 11.3 Å². The Labute approximate surface area is 151 Å². The van der Waals surface area contributed by atoms with Crippen LogP contribution >= 0.6 is 11.3 Å². The van der Waals surface area contributed by atoms with Gasteiger partial charge in [-0.3, -0.25) is 9.78 Å². The number of nitrogens with one attached hydrogen (secondary N) is 1. The van der Waals surface area contributed by atoms with Gasteiger partial charge in [-0.25, -0.2) is 0 Å². The van der Waals surface area contributed by atoms with Crippen LogP contribution < -0.4 is 11.3 Å². The molecule has 4 N–H and O–H groups in total. The number of H-pyrrole nitrogens is 1. The van der Waals surface area contributed by atoms with E-state index in [9.17, 15) is 14.3 Å². The Balaban J connectivity index is 2.06. The highest BCUT2D eigenvalue weighted by molar-refractivity contribution is 7.17. The molecule has 0 fully saturated rings. The smallest absolute Gasteiger partial charge is 0.266 e. The first kappa shape index (κ1) is 16.6. The molecule has 4 aromatic rings. The number of thiophene rings is 1. The van der Waals surface area contributed by atoms with Gasteiger partial charge in [0.05, 0.1) is 11.3 Å². The van der Waals surface area contributed by atoms with Crippen molar-refractivity contribution in [2.45, 2.75) is 12.8 Å². The number of pyridine rings is 3. The van der Waals surface area contributed by atoms with E-state index in [0.717, 1.165) is 5.56 Å². The van der Waals surface area contributed by atoms with Crippen molar-refractivity contribution < 1.29 is 9.50 Å². The van der Waals surface area contributed by atoms with Crippen molar-refractivity contribution in [1.29, 1.82) is 0 Å². The molecule has 4 heterocycles. The molecule has 4 rings (SSSR count). The third kappa shape index (κ3) is 2.46. The predicted molar refractivity (Wildman–Crippen MR) is 100 cm³/mol. The summed E-state index contributed by atoms with van der Waals surface area (Å²) in [6.07, 6.45) is 1.68. The lowest BCUT2D eigenvalue weighted by molar-refractivity contribution is 0.440. The highest BCUT2D eigenvalue weighted by Gasteiger charge is 2.21. The number of aromatic amines is 1. The number of rotatable bonds is 3. The SMILES string of the molecule is CC(CN)c1ccc(-c2c(O)nc(F)c3[nH]c(=O)c4sccc4c23)nc1. The van der Waals surface area contributed by atoms with E-state index in [1.807, 2.05) is 13.0 Å². The van der Waals surface area contributed by atoms with Gasteiger partial charge in [0, 0.05) is 17.0 Å². The van der Waals surface area contributed by atoms with Crippen molar-refractivity contribution in [2.75, 3.05) is 6.54 Å². The summed E-state index contributed by atoms with van der Waals surface area (Å²) in [5.41, 5.74) is 6.93. The maximum atomic E-state index is 14.3. The number of nitrogens with two attached hydrogens (primary N) is 1. The van der Waals surface area contributed by atoms with Crippen LogP contribution in [0.25, 0.3) is 32.2 Å². The fourth-order valence-corrected chi connectivity index (χ4v) is 3.80. The van der Waals surface area contributed by atoms with E-state index in [1.54, 1.807) is 23.7 Å². The second-order valence-electron chi connectivity index (χ2n) is 6.08. The molecule has 132 valence electrons. The van der Waals surface area contributed by atoms with Gasteiger partial charge in [-0.05, 0) is 35.5 Å². The predicted octanol–water partition coefficient (Wildman–Crippen LogP) is 3.11. The highest BCUT2D eigenvalue weighted by Crippen LogP contribution is 2.38. The second kappa shape index (κ2) is 6.15. The molecule has 4 aromatic heterocycles. The van der Waals surface area contributed by atoms with Gasteiger partial charge in [0.25, 0.3) is 5.56 Å². The zero-order chi connectivity index (χ0) is 18.4. The molecular weight excluding hydrogens is 355 g/mol. The first-order valence-electron chi connectivity index (χ1n) is 7.99. The molecule has 0 saturated carbocycles. The van der Waals surface area contributed by atoms with Crippen LogP contribution in [0.1, 0.15) is 18.4 Å². The number of hydrogen-bond donors (Lipinski definition) is 3. The Hall–Kier alpha value is -2.84. The molecule has 0 saturated heterocycles. The summed E-state index contributed by atoms with van der Waals surface area (Å²) < 4.78 is 14.8. The minimum atomic E-state index is -0.931. The fraction of sp³-hybridized carbons (Fsp3) is 0.167. The van der Waals surface area contributed by atoms with Gasteiger partial charge in [-0.15, -0.1) is 11.3 Å². The molecule has 0 spiro atoms. The second-order valence-corrected chi connectivity index (χ2v) is 7.00. The zero-order valence-corrected chi connectivity index (χ0v) is 14.6. The summed E-state index contributed by atoms with van der Waals surface area (Å²) in [6.45, 7) is 2.48. The molecule has 0 aromatic carbocycles. The van der Waals surface area contributed by atoms with Gasteiger partial charge in [0.1, 0.15) is 10.2 Å². The molecule has 0 bridgehead atoms. The van der Waals surface area contributed by atoms with Gasteiger partial charge in [0.15, 0.2) is 0 Å². The fourth-order valence-electron chi connectivity index (χ4n) is 3.00. The van der Waals surface area contributed by atoms with Crippen LogP contribution in [0.4, 0.5) is 4.39 Å². The van der Waals surface area contributed by atoms with E-state index in [0.29, 0.717) is 27.7 Å². The topological polar surface area (TPSA) is 105 Å². The lowest BCUT2D eigenvalue weighted by atomic mass is 10.0. The lowest BCUT2D eigenvalue weighted by Gasteiger charge is -2.12. The molecule has 0 aliphatic heterocycles. The molecule has 1 unspecified atom stereocenters. The summed E-state index contributed by atoms with van der Waals surface area (Å²) in [5.74, 6) is -1.25. The molecule has 8 heteroatoms. The van der Waals surface area contributed by atoms with Crippen molar-refractivity contribution in [3.63, 3.8) is 0 Å². The van der Waals surface area contributed by atoms with Crippen LogP contribution in [0.15, 0.2) is 34.6 Å². The number of fused-ring (bicyclic) bond motifs is 3. The lowest BCUT2D eigenvalue weighted by Crippen LogP contribution is -2.09. The van der Waals surface area contributed by atoms with Crippen molar-refractivity contribution in [3.05, 3.63) is 51.6 Å². The summed E-state index contributed by atoms with van der Waals surface area (Å²) in [5, 5.41) is 13.0. The van der Waals surface area contributed by atoms with Gasteiger partial charge in [-0.2, -0.15) is 9.37 Å². The summed E-state index contributed by atoms with van der Waals surface area (Å²) in [6, 6.07) is 5.33. The first-order chi connectivity index (χ1) is 12.5. The Morgan fingerprint density at radius 2 is 2.19 bits per heavy atom. The molecular formula is C18H15FN4O2S. The maximum absolute atomic E-state index is 14.3. The third-order valence-corrected chi connectivity index (χ3v) is 5.39. The van der Waals surface area contributed by atoms with Crippen LogP contribution in [-0.2, 0) is 0 Å². The molecule has 0 aliphatic rings. The van der Waals surface area contributed by atoms with Crippen LogP contribution in [0.5, 0.6) is 5.88 Å². The molecule has 1 atom stereocenters. The van der Waals surface area contributed by atoms with Crippen molar-refractivity contribution in [1.82, 2.24) is 15.0 Å². The van der Waals surface area contributed by atoms with E-state index in [2.05, 4.69) is 15.0 Å². The van der Waals surface area contributed by atoms with E-state index >= 15 is 0 Å². The standard InChI is InChI=1S/C18H15FN4O2S/c1-8(6-20)9-2-3-11(21-7-9)13-12-10-4-5-26-15(10)18(25)22-14(12)16(19)23-17(13)24/h2-5,7-8H,6,20H2,1H3,(H,22,25)(H,23,24). The zero-order valence-electron chi connectivity index (χ0n) is 13.8. The summed E-state index contributed by atoms with van der Waals surface area (Å²) >= 11 is 1.25. The molecule has 0 radical (unpaired) electrons. The molecule has 0 amide bonds. The van der Waals surface area contributed by atoms with Gasteiger partial charge in [-0.1, -0.05) is 13.0 Å². The normalized spacial score (nSPS) is 12.7. The van der Waals surface area contributed by atoms with Crippen LogP contribution in [0.3, 0.4) is 0 Å². The highest BCUT2D eigenvalue weighted by atomic mass is 32.1.